The van der Waals surface area contributed by atoms with Crippen molar-refractivity contribution in [2.75, 3.05) is 0 Å². The summed E-state index contributed by atoms with van der Waals surface area (Å²) in [5, 5.41) is 1.98. The predicted octanol–water partition coefficient (Wildman–Crippen LogP) is 10.5. The molecule has 0 spiro atoms. The second kappa shape index (κ2) is 11.8. The van der Waals surface area contributed by atoms with Crippen LogP contribution in [0.4, 0.5) is 4.79 Å². The van der Waals surface area contributed by atoms with E-state index in [1.165, 1.54) is 5.56 Å². The van der Waals surface area contributed by atoms with Crippen LogP contribution in [0.5, 0.6) is 0 Å². The van der Waals surface area contributed by atoms with E-state index in [9.17, 15) is 4.79 Å². The molecule has 4 aromatic carbocycles. The molecule has 1 aliphatic heterocycles. The molecule has 0 bridgehead atoms. The zero-order valence-electron chi connectivity index (χ0n) is 33.1. The second-order valence-electron chi connectivity index (χ2n) is 18.4. The van der Waals surface area contributed by atoms with Crippen LogP contribution in [0, 0.1) is 0 Å². The largest absolute Gasteiger partial charge is 0.497 e. The summed E-state index contributed by atoms with van der Waals surface area (Å²) < 4.78 is 23.3. The van der Waals surface area contributed by atoms with Crippen LogP contribution in [0.25, 0.3) is 49.9 Å². The summed E-state index contributed by atoms with van der Waals surface area (Å²) >= 11 is 0. The van der Waals surface area contributed by atoms with Crippen molar-refractivity contribution in [1.29, 1.82) is 0 Å². The number of nitrogens with zero attached hydrogens (tertiary/aromatic N) is 3. The lowest BCUT2D eigenvalue weighted by Gasteiger charge is -2.32. The SMILES string of the molecule is CC(C)(C)OC(=O)n1c2ccc(C(C)(C)C)cc2c2cc(C(C)(C)C)cc(-c3nc4c(B5OC(C)(C)C(C)(C)O5)cccc4n3-c3ccccc3)c21. The van der Waals surface area contributed by atoms with Crippen molar-refractivity contribution < 1.29 is 18.8 Å². The Morgan fingerprint density at radius 1 is 0.712 bits per heavy atom. The Morgan fingerprint density at radius 2 is 1.33 bits per heavy atom. The van der Waals surface area contributed by atoms with Crippen molar-refractivity contribution >= 4 is 51.5 Å². The van der Waals surface area contributed by atoms with Crippen molar-refractivity contribution in [2.24, 2.45) is 0 Å². The van der Waals surface area contributed by atoms with E-state index in [0.29, 0.717) is 5.82 Å². The summed E-state index contributed by atoms with van der Waals surface area (Å²) in [7, 11) is -0.606. The Labute approximate surface area is 308 Å². The Balaban J connectivity index is 1.64. The zero-order chi connectivity index (χ0) is 37.8. The number of carbonyl (C=O) groups is 1. The summed E-state index contributed by atoms with van der Waals surface area (Å²) in [6.45, 7) is 27.3. The molecule has 1 saturated heterocycles. The number of aromatic nitrogens is 3. The number of carbonyl (C=O) groups excluding carboxylic acids is 1. The van der Waals surface area contributed by atoms with Gasteiger partial charge in [-0.3, -0.25) is 4.57 Å². The van der Waals surface area contributed by atoms with E-state index in [0.717, 1.165) is 55.1 Å². The Hall–Kier alpha value is -4.40. The van der Waals surface area contributed by atoms with E-state index in [-0.39, 0.29) is 10.8 Å². The fourth-order valence-corrected chi connectivity index (χ4v) is 7.02. The Kier molecular flexibility index (Phi) is 8.17. The minimum absolute atomic E-state index is 0.0931. The molecule has 0 radical (unpaired) electrons. The minimum atomic E-state index is -0.703. The van der Waals surface area contributed by atoms with Gasteiger partial charge in [0.1, 0.15) is 11.4 Å². The highest BCUT2D eigenvalue weighted by Crippen LogP contribution is 2.43. The number of hydrogen-bond acceptors (Lipinski definition) is 5. The normalized spacial score (nSPS) is 16.4. The topological polar surface area (TPSA) is 67.5 Å². The van der Waals surface area contributed by atoms with Crippen LogP contribution in [0.1, 0.15) is 101 Å². The van der Waals surface area contributed by atoms with Crippen LogP contribution in [0.15, 0.2) is 78.9 Å². The quantitative estimate of drug-likeness (QED) is 0.172. The highest BCUT2D eigenvalue weighted by atomic mass is 16.7. The van der Waals surface area contributed by atoms with Crippen LogP contribution in [0.2, 0.25) is 0 Å². The van der Waals surface area contributed by atoms with E-state index >= 15 is 0 Å². The smallest absolute Gasteiger partial charge is 0.443 e. The van der Waals surface area contributed by atoms with Crippen LogP contribution in [0.3, 0.4) is 0 Å². The maximum Gasteiger partial charge on any atom is 0.497 e. The summed E-state index contributed by atoms with van der Waals surface area (Å²) in [5.41, 5.74) is 6.19. The molecular formula is C44H52BN3O4. The predicted molar refractivity (Wildman–Crippen MR) is 214 cm³/mol. The summed E-state index contributed by atoms with van der Waals surface area (Å²) in [4.78, 5) is 20.0. The van der Waals surface area contributed by atoms with Crippen LogP contribution in [-0.4, -0.2) is 44.1 Å². The third-order valence-electron chi connectivity index (χ3n) is 10.6. The second-order valence-corrected chi connectivity index (χ2v) is 18.4. The number of imidazole rings is 1. The van der Waals surface area contributed by atoms with Gasteiger partial charge in [-0.15, -0.1) is 0 Å². The molecule has 0 aliphatic carbocycles. The van der Waals surface area contributed by atoms with Crippen molar-refractivity contribution in [2.45, 2.75) is 118 Å². The molecule has 0 amide bonds. The number of ether oxygens (including phenoxy) is 1. The number of rotatable bonds is 3. The molecule has 0 atom stereocenters. The molecule has 0 saturated carbocycles. The van der Waals surface area contributed by atoms with Gasteiger partial charge in [-0.25, -0.2) is 14.3 Å². The molecule has 2 aromatic heterocycles. The molecular weight excluding hydrogens is 645 g/mol. The molecule has 1 aliphatic rings. The zero-order valence-corrected chi connectivity index (χ0v) is 33.1. The third kappa shape index (κ3) is 6.04. The number of benzene rings is 4. The molecule has 52 heavy (non-hydrogen) atoms. The molecule has 1 fully saturated rings. The fraction of sp³-hybridized carbons (Fsp3) is 0.409. The Bertz CT molecular complexity index is 2350. The van der Waals surface area contributed by atoms with E-state index in [1.54, 1.807) is 4.57 Å². The highest BCUT2D eigenvalue weighted by molar-refractivity contribution is 6.65. The lowest BCUT2D eigenvalue weighted by molar-refractivity contribution is 0.00578. The molecule has 8 heteroatoms. The monoisotopic (exact) mass is 697 g/mol. The van der Waals surface area contributed by atoms with Gasteiger partial charge in [0.15, 0.2) is 0 Å². The van der Waals surface area contributed by atoms with Gasteiger partial charge < -0.3 is 14.0 Å². The van der Waals surface area contributed by atoms with Gasteiger partial charge in [0.2, 0.25) is 0 Å². The van der Waals surface area contributed by atoms with E-state index in [4.69, 9.17) is 19.0 Å². The highest BCUT2D eigenvalue weighted by Gasteiger charge is 2.52. The van der Waals surface area contributed by atoms with Gasteiger partial charge in [-0.1, -0.05) is 77.9 Å². The molecule has 0 N–H and O–H groups in total. The summed E-state index contributed by atoms with van der Waals surface area (Å²) in [6.07, 6.45) is -0.430. The minimum Gasteiger partial charge on any atom is -0.443 e. The lowest BCUT2D eigenvalue weighted by Crippen LogP contribution is -2.41. The van der Waals surface area contributed by atoms with E-state index in [2.05, 4.69) is 122 Å². The molecule has 3 heterocycles. The van der Waals surface area contributed by atoms with Crippen molar-refractivity contribution in [3.8, 4) is 17.1 Å². The van der Waals surface area contributed by atoms with Gasteiger partial charge in [0.05, 0.1) is 33.3 Å². The fourth-order valence-electron chi connectivity index (χ4n) is 7.02. The number of fused-ring (bicyclic) bond motifs is 4. The molecule has 270 valence electrons. The first-order chi connectivity index (χ1) is 24.1. The van der Waals surface area contributed by atoms with Crippen molar-refractivity contribution in [3.05, 3.63) is 90.0 Å². The Morgan fingerprint density at radius 3 is 1.92 bits per heavy atom. The average Bonchev–Trinajstić information content (AvgIpc) is 3.65. The van der Waals surface area contributed by atoms with Gasteiger partial charge in [-0.2, -0.15) is 0 Å². The van der Waals surface area contributed by atoms with Gasteiger partial charge in [0, 0.05) is 27.5 Å². The van der Waals surface area contributed by atoms with Crippen LogP contribution >= 0.6 is 0 Å². The van der Waals surface area contributed by atoms with E-state index < -0.39 is 30.0 Å². The van der Waals surface area contributed by atoms with Gasteiger partial charge >= 0.3 is 13.2 Å². The summed E-state index contributed by atoms with van der Waals surface area (Å²) in [5.74, 6) is 0.713. The first-order valence-corrected chi connectivity index (χ1v) is 18.4. The van der Waals surface area contributed by atoms with Crippen LogP contribution in [-0.2, 0) is 24.9 Å². The number of para-hydroxylation sites is 2. The molecule has 7 nitrogen and oxygen atoms in total. The maximum absolute atomic E-state index is 14.5. The summed E-state index contributed by atoms with van der Waals surface area (Å²) in [6, 6.07) is 27.4. The van der Waals surface area contributed by atoms with E-state index in [1.807, 2.05) is 51.1 Å². The standard InChI is InChI=1S/C44H52BN3O4/c1-40(2,3)27-22-23-34-30(24-27)31-25-28(41(4,5)6)26-32(37(31)48(34)39(49)50-42(7,8)9)38-46-36-33(45-51-43(10,11)44(12,13)52-45)20-17-21-35(36)47(38)29-18-15-14-16-19-29/h14-26H,1-13H3. The third-order valence-corrected chi connectivity index (χ3v) is 10.6. The van der Waals surface area contributed by atoms with Gasteiger partial charge in [-0.05, 0) is 113 Å². The maximum atomic E-state index is 14.5. The average molecular weight is 698 g/mol. The van der Waals surface area contributed by atoms with Crippen molar-refractivity contribution in [1.82, 2.24) is 14.1 Å². The molecule has 7 rings (SSSR count). The lowest BCUT2D eigenvalue weighted by atomic mass is 9.78. The molecule has 6 aromatic rings. The van der Waals surface area contributed by atoms with Crippen LogP contribution < -0.4 is 5.46 Å². The van der Waals surface area contributed by atoms with Crippen molar-refractivity contribution in [3.63, 3.8) is 0 Å². The first-order valence-electron chi connectivity index (χ1n) is 18.4. The molecule has 0 unspecified atom stereocenters. The van der Waals surface area contributed by atoms with Gasteiger partial charge in [0.25, 0.3) is 0 Å². The number of hydrogen-bond donors (Lipinski definition) is 0. The first kappa shape index (κ1) is 36.0.